The van der Waals surface area contributed by atoms with Crippen LogP contribution < -0.4 is 11.1 Å². The third kappa shape index (κ3) is 3.66. The van der Waals surface area contributed by atoms with Crippen LogP contribution in [-0.2, 0) is 0 Å². The van der Waals surface area contributed by atoms with E-state index in [2.05, 4.69) is 5.32 Å². The van der Waals surface area contributed by atoms with Gasteiger partial charge in [-0.05, 0) is 49.3 Å². The van der Waals surface area contributed by atoms with Gasteiger partial charge in [0.05, 0.1) is 0 Å². The van der Waals surface area contributed by atoms with Gasteiger partial charge in [0.2, 0.25) is 0 Å². The molecule has 23 heavy (non-hydrogen) atoms. The molecule has 2 fully saturated rings. The van der Waals surface area contributed by atoms with Crippen LogP contribution in [0.4, 0.5) is 10.5 Å². The lowest BCUT2D eigenvalue weighted by atomic mass is 9.68. The summed E-state index contributed by atoms with van der Waals surface area (Å²) in [5, 5.41) is 2.52. The van der Waals surface area contributed by atoms with Crippen LogP contribution in [-0.4, -0.2) is 29.9 Å². The summed E-state index contributed by atoms with van der Waals surface area (Å²) in [5.41, 5.74) is 6.78. The van der Waals surface area contributed by atoms with Gasteiger partial charge in [0.25, 0.3) is 5.91 Å². The van der Waals surface area contributed by atoms with Crippen molar-refractivity contribution in [3.63, 3.8) is 0 Å². The van der Waals surface area contributed by atoms with Gasteiger partial charge in [0.1, 0.15) is 0 Å². The van der Waals surface area contributed by atoms with Gasteiger partial charge in [-0.1, -0.05) is 25.3 Å². The van der Waals surface area contributed by atoms with E-state index in [4.69, 9.17) is 5.73 Å². The fraction of sp³-hybridized carbons (Fsp3) is 0.556. The van der Waals surface area contributed by atoms with Crippen molar-refractivity contribution in [2.75, 3.05) is 18.4 Å². The molecule has 0 aromatic heterocycles. The number of hydrogen-bond acceptors (Lipinski definition) is 2. The molecular weight excluding hydrogens is 290 g/mol. The van der Waals surface area contributed by atoms with E-state index in [9.17, 15) is 9.59 Å². The number of primary amides is 1. The molecule has 0 radical (unpaired) electrons. The normalized spacial score (nSPS) is 20.3. The fourth-order valence-corrected chi connectivity index (χ4v) is 4.04. The monoisotopic (exact) mass is 315 g/mol. The number of urea groups is 1. The van der Waals surface area contributed by atoms with Gasteiger partial charge in [0.15, 0.2) is 0 Å². The molecule has 124 valence electrons. The Morgan fingerprint density at radius 2 is 1.74 bits per heavy atom. The standard InChI is InChI=1S/C18H25N3O2/c19-17(23)20-15-6-4-5-14(13-15)16(22)21-11-9-18(10-12-21)7-2-1-3-8-18/h4-6,13H,1-3,7-12H2,(H3,19,20,23). The maximum Gasteiger partial charge on any atom is 0.316 e. The molecule has 1 saturated carbocycles. The smallest absolute Gasteiger partial charge is 0.316 e. The zero-order valence-corrected chi connectivity index (χ0v) is 13.5. The number of nitrogens with one attached hydrogen (secondary N) is 1. The molecule has 1 saturated heterocycles. The van der Waals surface area contributed by atoms with Crippen molar-refractivity contribution in [1.29, 1.82) is 0 Å². The first-order chi connectivity index (χ1) is 11.1. The van der Waals surface area contributed by atoms with Crippen LogP contribution in [0.1, 0.15) is 55.3 Å². The average Bonchev–Trinajstić information content (AvgIpc) is 2.55. The minimum Gasteiger partial charge on any atom is -0.351 e. The Morgan fingerprint density at radius 1 is 1.04 bits per heavy atom. The van der Waals surface area contributed by atoms with Crippen LogP contribution in [0.5, 0.6) is 0 Å². The molecule has 0 unspecified atom stereocenters. The minimum atomic E-state index is -0.619. The zero-order valence-electron chi connectivity index (χ0n) is 13.5. The molecular formula is C18H25N3O2. The Balaban J connectivity index is 1.64. The summed E-state index contributed by atoms with van der Waals surface area (Å²) in [6.07, 6.45) is 8.95. The number of piperidine rings is 1. The molecule has 1 aromatic carbocycles. The van der Waals surface area contributed by atoms with Crippen molar-refractivity contribution < 1.29 is 9.59 Å². The number of anilines is 1. The fourth-order valence-electron chi connectivity index (χ4n) is 4.04. The van der Waals surface area contributed by atoms with Crippen molar-refractivity contribution >= 4 is 17.6 Å². The van der Waals surface area contributed by atoms with Crippen molar-refractivity contribution in [3.05, 3.63) is 29.8 Å². The molecule has 0 bridgehead atoms. The summed E-state index contributed by atoms with van der Waals surface area (Å²) in [6, 6.07) is 6.36. The molecule has 1 aliphatic carbocycles. The Morgan fingerprint density at radius 3 is 2.39 bits per heavy atom. The second kappa shape index (κ2) is 6.60. The molecule has 1 heterocycles. The lowest BCUT2D eigenvalue weighted by molar-refractivity contribution is 0.0472. The van der Waals surface area contributed by atoms with Crippen molar-refractivity contribution in [3.8, 4) is 0 Å². The van der Waals surface area contributed by atoms with Crippen LogP contribution >= 0.6 is 0 Å². The SMILES string of the molecule is NC(=O)Nc1cccc(C(=O)N2CCC3(CCCCC3)CC2)c1. The van der Waals surface area contributed by atoms with Gasteiger partial charge < -0.3 is 16.0 Å². The molecule has 1 aliphatic heterocycles. The number of likely N-dealkylation sites (tertiary alicyclic amines) is 1. The largest absolute Gasteiger partial charge is 0.351 e. The predicted octanol–water partition coefficient (Wildman–Crippen LogP) is 3.36. The van der Waals surface area contributed by atoms with Crippen LogP contribution in [0, 0.1) is 5.41 Å². The number of carbonyl (C=O) groups excluding carboxylic acids is 2. The van der Waals surface area contributed by atoms with Crippen molar-refractivity contribution in [2.45, 2.75) is 44.9 Å². The number of rotatable bonds is 2. The van der Waals surface area contributed by atoms with E-state index in [0.717, 1.165) is 25.9 Å². The van der Waals surface area contributed by atoms with Gasteiger partial charge in [0, 0.05) is 24.3 Å². The Hall–Kier alpha value is -2.04. The van der Waals surface area contributed by atoms with Crippen LogP contribution in [0.2, 0.25) is 0 Å². The van der Waals surface area contributed by atoms with Crippen LogP contribution in [0.3, 0.4) is 0 Å². The molecule has 2 aliphatic rings. The van der Waals surface area contributed by atoms with E-state index in [1.165, 1.54) is 32.1 Å². The highest BCUT2D eigenvalue weighted by Crippen LogP contribution is 2.44. The summed E-state index contributed by atoms with van der Waals surface area (Å²) >= 11 is 0. The summed E-state index contributed by atoms with van der Waals surface area (Å²) in [7, 11) is 0. The molecule has 1 spiro atoms. The van der Waals surface area contributed by atoms with E-state index in [-0.39, 0.29) is 5.91 Å². The molecule has 3 rings (SSSR count). The zero-order chi connectivity index (χ0) is 16.3. The predicted molar refractivity (Wildman–Crippen MR) is 90.3 cm³/mol. The Bertz CT molecular complexity index is 584. The lowest BCUT2D eigenvalue weighted by Gasteiger charge is -2.44. The van der Waals surface area contributed by atoms with Gasteiger partial charge in [-0.3, -0.25) is 4.79 Å². The lowest BCUT2D eigenvalue weighted by Crippen LogP contribution is -2.43. The van der Waals surface area contributed by atoms with E-state index in [1.807, 2.05) is 4.90 Å². The Labute approximate surface area is 137 Å². The average molecular weight is 315 g/mol. The summed E-state index contributed by atoms with van der Waals surface area (Å²) in [5.74, 6) is 0.0452. The number of nitrogens with two attached hydrogens (primary N) is 1. The second-order valence-corrected chi connectivity index (χ2v) is 6.92. The third-order valence-corrected chi connectivity index (χ3v) is 5.40. The number of hydrogen-bond donors (Lipinski definition) is 2. The van der Waals surface area contributed by atoms with E-state index >= 15 is 0 Å². The van der Waals surface area contributed by atoms with Gasteiger partial charge in [-0.15, -0.1) is 0 Å². The Kier molecular flexibility index (Phi) is 4.55. The molecule has 1 aromatic rings. The summed E-state index contributed by atoms with van der Waals surface area (Å²) in [4.78, 5) is 25.6. The topological polar surface area (TPSA) is 75.4 Å². The number of amides is 3. The highest BCUT2D eigenvalue weighted by molar-refractivity contribution is 5.96. The van der Waals surface area contributed by atoms with Crippen LogP contribution in [0.15, 0.2) is 24.3 Å². The van der Waals surface area contributed by atoms with E-state index in [1.54, 1.807) is 24.3 Å². The summed E-state index contributed by atoms with van der Waals surface area (Å²) < 4.78 is 0. The third-order valence-electron chi connectivity index (χ3n) is 5.40. The molecule has 0 atom stereocenters. The molecule has 3 N–H and O–H groups in total. The maximum atomic E-state index is 12.7. The highest BCUT2D eigenvalue weighted by Gasteiger charge is 2.36. The molecule has 5 heteroatoms. The second-order valence-electron chi connectivity index (χ2n) is 6.92. The number of carbonyl (C=O) groups is 2. The number of benzene rings is 1. The minimum absolute atomic E-state index is 0.0452. The maximum absolute atomic E-state index is 12.7. The van der Waals surface area contributed by atoms with Crippen molar-refractivity contribution in [1.82, 2.24) is 4.90 Å². The van der Waals surface area contributed by atoms with Crippen molar-refractivity contribution in [2.24, 2.45) is 11.1 Å². The molecule has 3 amide bonds. The van der Waals surface area contributed by atoms with Gasteiger partial charge >= 0.3 is 6.03 Å². The highest BCUT2D eigenvalue weighted by atomic mass is 16.2. The van der Waals surface area contributed by atoms with E-state index < -0.39 is 6.03 Å². The first-order valence-electron chi connectivity index (χ1n) is 8.54. The van der Waals surface area contributed by atoms with Crippen LogP contribution in [0.25, 0.3) is 0 Å². The van der Waals surface area contributed by atoms with E-state index in [0.29, 0.717) is 16.7 Å². The number of nitrogens with zero attached hydrogens (tertiary/aromatic N) is 1. The summed E-state index contributed by atoms with van der Waals surface area (Å²) in [6.45, 7) is 1.68. The first-order valence-corrected chi connectivity index (χ1v) is 8.54. The van der Waals surface area contributed by atoms with Gasteiger partial charge in [-0.25, -0.2) is 4.79 Å². The quantitative estimate of drug-likeness (QED) is 0.878. The molecule has 5 nitrogen and oxygen atoms in total. The van der Waals surface area contributed by atoms with Gasteiger partial charge in [-0.2, -0.15) is 0 Å². The first kappa shape index (κ1) is 15.8.